The van der Waals surface area contributed by atoms with Gasteiger partial charge in [0.1, 0.15) is 5.75 Å². The monoisotopic (exact) mass is 293 g/mol. The standard InChI is InChI=1S/C18H31NO2/c1-7-19-16(17(21-6)18(2,3)4)13-10-14-8-11-15(20-5)12-9-14/h8-9,11-12,16-17,19H,7,10,13H2,1-6H3. The highest BCUT2D eigenvalue weighted by Gasteiger charge is 2.31. The Balaban J connectivity index is 2.69. The van der Waals surface area contributed by atoms with E-state index in [1.54, 1.807) is 7.11 Å². The summed E-state index contributed by atoms with van der Waals surface area (Å²) in [6.07, 6.45) is 2.31. The summed E-state index contributed by atoms with van der Waals surface area (Å²) in [6, 6.07) is 8.69. The minimum atomic E-state index is 0.126. The van der Waals surface area contributed by atoms with E-state index in [4.69, 9.17) is 9.47 Å². The van der Waals surface area contributed by atoms with Crippen molar-refractivity contribution in [3.05, 3.63) is 29.8 Å². The number of hydrogen-bond donors (Lipinski definition) is 1. The van der Waals surface area contributed by atoms with E-state index >= 15 is 0 Å². The lowest BCUT2D eigenvalue weighted by Gasteiger charge is -2.36. The number of likely N-dealkylation sites (N-methyl/N-ethyl adjacent to an activating group) is 1. The molecule has 0 heterocycles. The summed E-state index contributed by atoms with van der Waals surface area (Å²) in [4.78, 5) is 0. The molecule has 0 fully saturated rings. The van der Waals surface area contributed by atoms with E-state index in [0.29, 0.717) is 6.04 Å². The first-order chi connectivity index (χ1) is 9.92. The fourth-order valence-electron chi connectivity index (χ4n) is 2.86. The summed E-state index contributed by atoms with van der Waals surface area (Å²) in [7, 11) is 3.51. The second-order valence-electron chi connectivity index (χ2n) is 6.57. The van der Waals surface area contributed by atoms with Crippen molar-refractivity contribution in [1.82, 2.24) is 5.32 Å². The Bertz CT molecular complexity index is 395. The average Bonchev–Trinajstić information content (AvgIpc) is 2.44. The third-order valence-corrected chi connectivity index (χ3v) is 3.84. The van der Waals surface area contributed by atoms with Gasteiger partial charge < -0.3 is 14.8 Å². The van der Waals surface area contributed by atoms with Crippen LogP contribution in [-0.4, -0.2) is 32.9 Å². The summed E-state index contributed by atoms with van der Waals surface area (Å²) in [5.41, 5.74) is 1.46. The van der Waals surface area contributed by atoms with Gasteiger partial charge in [-0.3, -0.25) is 0 Å². The molecule has 120 valence electrons. The van der Waals surface area contributed by atoms with E-state index in [1.165, 1.54) is 5.56 Å². The van der Waals surface area contributed by atoms with Crippen molar-refractivity contribution in [1.29, 1.82) is 0 Å². The molecule has 21 heavy (non-hydrogen) atoms. The van der Waals surface area contributed by atoms with Crippen LogP contribution >= 0.6 is 0 Å². The number of methoxy groups -OCH3 is 2. The molecular weight excluding hydrogens is 262 g/mol. The van der Waals surface area contributed by atoms with Gasteiger partial charge in [-0.2, -0.15) is 0 Å². The molecule has 0 saturated heterocycles. The van der Waals surface area contributed by atoms with Gasteiger partial charge in [-0.25, -0.2) is 0 Å². The Labute approximate surface area is 130 Å². The van der Waals surface area contributed by atoms with Gasteiger partial charge in [0.05, 0.1) is 13.2 Å². The van der Waals surface area contributed by atoms with Gasteiger partial charge in [-0.15, -0.1) is 0 Å². The average molecular weight is 293 g/mol. The first-order valence-corrected chi connectivity index (χ1v) is 7.81. The van der Waals surface area contributed by atoms with Crippen molar-refractivity contribution in [3.8, 4) is 5.75 Å². The van der Waals surface area contributed by atoms with Crippen molar-refractivity contribution in [2.45, 2.75) is 52.7 Å². The molecular formula is C18H31NO2. The second-order valence-corrected chi connectivity index (χ2v) is 6.57. The van der Waals surface area contributed by atoms with Crippen molar-refractivity contribution in [2.24, 2.45) is 5.41 Å². The van der Waals surface area contributed by atoms with Crippen molar-refractivity contribution < 1.29 is 9.47 Å². The van der Waals surface area contributed by atoms with Gasteiger partial charge in [0.25, 0.3) is 0 Å². The molecule has 0 aliphatic carbocycles. The zero-order valence-corrected chi connectivity index (χ0v) is 14.4. The molecule has 1 N–H and O–H groups in total. The highest BCUT2D eigenvalue weighted by atomic mass is 16.5. The molecule has 0 bridgehead atoms. The predicted octanol–water partition coefficient (Wildman–Crippen LogP) is 3.67. The van der Waals surface area contributed by atoms with E-state index in [-0.39, 0.29) is 11.5 Å². The lowest BCUT2D eigenvalue weighted by Crippen LogP contribution is -2.47. The van der Waals surface area contributed by atoms with Gasteiger partial charge in [0, 0.05) is 13.2 Å². The van der Waals surface area contributed by atoms with Crippen LogP contribution in [0.2, 0.25) is 0 Å². The summed E-state index contributed by atoms with van der Waals surface area (Å²) in [5.74, 6) is 0.909. The third kappa shape index (κ3) is 5.68. The smallest absolute Gasteiger partial charge is 0.118 e. The van der Waals surface area contributed by atoms with E-state index in [0.717, 1.165) is 25.1 Å². The molecule has 2 atom stereocenters. The number of nitrogens with one attached hydrogen (secondary N) is 1. The maximum absolute atomic E-state index is 5.77. The molecule has 2 unspecified atom stereocenters. The van der Waals surface area contributed by atoms with Crippen molar-refractivity contribution in [3.63, 3.8) is 0 Å². The number of benzene rings is 1. The zero-order chi connectivity index (χ0) is 15.9. The lowest BCUT2D eigenvalue weighted by molar-refractivity contribution is -0.0126. The molecule has 0 amide bonds. The van der Waals surface area contributed by atoms with Gasteiger partial charge in [-0.1, -0.05) is 39.8 Å². The molecule has 0 aromatic heterocycles. The van der Waals surface area contributed by atoms with Gasteiger partial charge in [-0.05, 0) is 42.5 Å². The van der Waals surface area contributed by atoms with Crippen LogP contribution in [0, 0.1) is 5.41 Å². The van der Waals surface area contributed by atoms with Crippen LogP contribution < -0.4 is 10.1 Å². The maximum Gasteiger partial charge on any atom is 0.118 e. The molecule has 1 rings (SSSR count). The van der Waals surface area contributed by atoms with Gasteiger partial charge in [0.2, 0.25) is 0 Å². The largest absolute Gasteiger partial charge is 0.497 e. The number of ether oxygens (including phenoxy) is 2. The molecule has 1 aromatic carbocycles. The van der Waals surface area contributed by atoms with E-state index < -0.39 is 0 Å². The highest BCUT2D eigenvalue weighted by molar-refractivity contribution is 5.27. The fourth-order valence-corrected chi connectivity index (χ4v) is 2.86. The lowest BCUT2D eigenvalue weighted by atomic mass is 9.82. The van der Waals surface area contributed by atoms with Crippen LogP contribution in [0.15, 0.2) is 24.3 Å². The molecule has 0 aliphatic heterocycles. The SMILES string of the molecule is CCNC(CCc1ccc(OC)cc1)C(OC)C(C)(C)C. The summed E-state index contributed by atoms with van der Waals surface area (Å²) in [6.45, 7) is 9.82. The number of hydrogen-bond acceptors (Lipinski definition) is 3. The van der Waals surface area contributed by atoms with Crippen LogP contribution in [0.5, 0.6) is 5.75 Å². The molecule has 0 spiro atoms. The molecule has 3 nitrogen and oxygen atoms in total. The zero-order valence-electron chi connectivity index (χ0n) is 14.4. The summed E-state index contributed by atoms with van der Waals surface area (Å²) < 4.78 is 11.0. The minimum absolute atomic E-state index is 0.126. The van der Waals surface area contributed by atoms with Crippen LogP contribution in [0.1, 0.15) is 39.7 Å². The summed E-state index contributed by atoms with van der Waals surface area (Å²) in [5, 5.41) is 3.58. The molecule has 1 aromatic rings. The van der Waals surface area contributed by atoms with Crippen LogP contribution in [-0.2, 0) is 11.2 Å². The van der Waals surface area contributed by atoms with E-state index in [1.807, 2.05) is 19.2 Å². The minimum Gasteiger partial charge on any atom is -0.497 e. The van der Waals surface area contributed by atoms with E-state index in [9.17, 15) is 0 Å². The van der Waals surface area contributed by atoms with E-state index in [2.05, 4.69) is 45.1 Å². The Kier molecular flexibility index (Phi) is 7.20. The first-order valence-electron chi connectivity index (χ1n) is 7.81. The molecule has 0 aliphatic rings. The Morgan fingerprint density at radius 1 is 1.10 bits per heavy atom. The van der Waals surface area contributed by atoms with Crippen LogP contribution in [0.3, 0.4) is 0 Å². The Hall–Kier alpha value is -1.06. The van der Waals surface area contributed by atoms with Gasteiger partial charge in [0.15, 0.2) is 0 Å². The fraction of sp³-hybridized carbons (Fsp3) is 0.667. The summed E-state index contributed by atoms with van der Waals surface area (Å²) >= 11 is 0. The molecule has 0 radical (unpaired) electrons. The third-order valence-electron chi connectivity index (χ3n) is 3.84. The van der Waals surface area contributed by atoms with Crippen molar-refractivity contribution in [2.75, 3.05) is 20.8 Å². The highest BCUT2D eigenvalue weighted by Crippen LogP contribution is 2.26. The van der Waals surface area contributed by atoms with Gasteiger partial charge >= 0.3 is 0 Å². The maximum atomic E-state index is 5.77. The number of rotatable bonds is 8. The normalized spacial score (nSPS) is 14.8. The first kappa shape index (κ1) is 18.0. The Morgan fingerprint density at radius 2 is 1.71 bits per heavy atom. The number of aryl methyl sites for hydroxylation is 1. The molecule has 3 heteroatoms. The Morgan fingerprint density at radius 3 is 2.14 bits per heavy atom. The predicted molar refractivity (Wildman–Crippen MR) is 89.0 cm³/mol. The quantitative estimate of drug-likeness (QED) is 0.793. The van der Waals surface area contributed by atoms with Crippen LogP contribution in [0.25, 0.3) is 0 Å². The molecule has 0 saturated carbocycles. The second kappa shape index (κ2) is 8.40. The topological polar surface area (TPSA) is 30.5 Å². The van der Waals surface area contributed by atoms with Crippen molar-refractivity contribution >= 4 is 0 Å². The van der Waals surface area contributed by atoms with Crippen LogP contribution in [0.4, 0.5) is 0 Å².